The molecule has 0 bridgehead atoms. The fraction of sp³-hybridized carbons (Fsp3) is 0.714. The Kier molecular flexibility index (Phi) is 3.73. The second kappa shape index (κ2) is 5.12. The topological polar surface area (TPSA) is 46.9 Å². The van der Waals surface area contributed by atoms with Crippen LogP contribution in [0.4, 0.5) is 5.82 Å². The van der Waals surface area contributed by atoms with Gasteiger partial charge in [0, 0.05) is 24.5 Å². The zero-order valence-corrected chi connectivity index (χ0v) is 11.6. The van der Waals surface area contributed by atoms with Crippen molar-refractivity contribution >= 4 is 5.82 Å². The van der Waals surface area contributed by atoms with Crippen molar-refractivity contribution in [2.75, 3.05) is 11.9 Å². The first-order valence-corrected chi connectivity index (χ1v) is 6.80. The number of nitrogens with zero attached hydrogens (tertiary/aromatic N) is 2. The van der Waals surface area contributed by atoms with Gasteiger partial charge in [0.05, 0.1) is 0 Å². The predicted molar refractivity (Wildman–Crippen MR) is 73.9 cm³/mol. The van der Waals surface area contributed by atoms with E-state index >= 15 is 0 Å². The van der Waals surface area contributed by atoms with Gasteiger partial charge in [0.15, 0.2) is 5.82 Å². The highest BCUT2D eigenvalue weighted by molar-refractivity contribution is 5.31. The van der Waals surface area contributed by atoms with Crippen LogP contribution in [0.2, 0.25) is 0 Å². The van der Waals surface area contributed by atoms with Gasteiger partial charge < -0.3 is 9.88 Å². The van der Waals surface area contributed by atoms with Gasteiger partial charge in [0.1, 0.15) is 0 Å². The monoisotopic (exact) mass is 249 g/mol. The van der Waals surface area contributed by atoms with Crippen LogP contribution in [-0.2, 0) is 5.54 Å². The van der Waals surface area contributed by atoms with Crippen LogP contribution in [0, 0.1) is 5.92 Å². The maximum atomic E-state index is 12.3. The van der Waals surface area contributed by atoms with Crippen molar-refractivity contribution in [3.63, 3.8) is 0 Å². The first-order valence-electron chi connectivity index (χ1n) is 6.80. The van der Waals surface area contributed by atoms with Crippen molar-refractivity contribution in [3.8, 4) is 0 Å². The summed E-state index contributed by atoms with van der Waals surface area (Å²) in [6.45, 7) is 6.94. The highest BCUT2D eigenvalue weighted by atomic mass is 16.1. The average molecular weight is 249 g/mol. The van der Waals surface area contributed by atoms with Crippen molar-refractivity contribution < 1.29 is 0 Å². The molecule has 0 atom stereocenters. The van der Waals surface area contributed by atoms with Crippen LogP contribution < -0.4 is 10.9 Å². The Bertz CT molecular complexity index is 453. The smallest absolute Gasteiger partial charge is 0.293 e. The van der Waals surface area contributed by atoms with Crippen LogP contribution >= 0.6 is 0 Å². The van der Waals surface area contributed by atoms with Crippen molar-refractivity contribution in [3.05, 3.63) is 22.7 Å². The third-order valence-electron chi connectivity index (χ3n) is 3.60. The van der Waals surface area contributed by atoms with Gasteiger partial charge in [-0.1, -0.05) is 12.8 Å². The van der Waals surface area contributed by atoms with Gasteiger partial charge in [-0.05, 0) is 39.5 Å². The Labute approximate surface area is 108 Å². The molecule has 0 aliphatic heterocycles. The summed E-state index contributed by atoms with van der Waals surface area (Å²) in [6, 6.07) is 0. The van der Waals surface area contributed by atoms with E-state index < -0.39 is 0 Å². The van der Waals surface area contributed by atoms with Gasteiger partial charge in [0.2, 0.25) is 0 Å². The van der Waals surface area contributed by atoms with E-state index in [1.807, 2.05) is 20.8 Å². The molecule has 0 spiro atoms. The highest BCUT2D eigenvalue weighted by Crippen LogP contribution is 2.24. The van der Waals surface area contributed by atoms with Gasteiger partial charge in [0.25, 0.3) is 5.56 Å². The molecule has 0 radical (unpaired) electrons. The Balaban J connectivity index is 2.11. The van der Waals surface area contributed by atoms with Crippen molar-refractivity contribution in [2.45, 2.75) is 52.0 Å². The van der Waals surface area contributed by atoms with E-state index in [-0.39, 0.29) is 11.1 Å². The average Bonchev–Trinajstić information content (AvgIpc) is 2.79. The molecule has 1 saturated carbocycles. The van der Waals surface area contributed by atoms with E-state index in [0.29, 0.717) is 11.7 Å². The molecule has 0 saturated heterocycles. The molecule has 18 heavy (non-hydrogen) atoms. The molecule has 100 valence electrons. The number of anilines is 1. The van der Waals surface area contributed by atoms with Crippen molar-refractivity contribution in [1.82, 2.24) is 9.55 Å². The maximum Gasteiger partial charge on any atom is 0.293 e. The molecule has 1 aromatic heterocycles. The molecule has 1 aromatic rings. The lowest BCUT2D eigenvalue weighted by Gasteiger charge is -2.22. The molecular weight excluding hydrogens is 226 g/mol. The fourth-order valence-corrected chi connectivity index (χ4v) is 2.52. The largest absolute Gasteiger partial charge is 0.365 e. The second-order valence-corrected chi connectivity index (χ2v) is 6.15. The Morgan fingerprint density at radius 1 is 1.39 bits per heavy atom. The molecule has 1 aliphatic rings. The van der Waals surface area contributed by atoms with Crippen LogP contribution in [-0.4, -0.2) is 16.1 Å². The summed E-state index contributed by atoms with van der Waals surface area (Å²) in [5.41, 5.74) is -0.230. The normalized spacial score (nSPS) is 17.1. The molecule has 1 fully saturated rings. The first-order chi connectivity index (χ1) is 8.48. The molecule has 1 N–H and O–H groups in total. The molecule has 1 aliphatic carbocycles. The maximum absolute atomic E-state index is 12.3. The van der Waals surface area contributed by atoms with E-state index in [1.165, 1.54) is 25.7 Å². The standard InChI is InChI=1S/C14H23N3O/c1-14(2,3)17-9-8-15-12(13(17)18)16-10-11-6-4-5-7-11/h8-9,11H,4-7,10H2,1-3H3,(H,15,16). The van der Waals surface area contributed by atoms with E-state index in [4.69, 9.17) is 0 Å². The summed E-state index contributed by atoms with van der Waals surface area (Å²) in [4.78, 5) is 16.4. The molecule has 4 heteroatoms. The van der Waals surface area contributed by atoms with Gasteiger partial charge in [-0.15, -0.1) is 0 Å². The summed E-state index contributed by atoms with van der Waals surface area (Å²) in [6.07, 6.45) is 8.63. The predicted octanol–water partition coefficient (Wildman–Crippen LogP) is 2.60. The van der Waals surface area contributed by atoms with E-state index in [2.05, 4.69) is 10.3 Å². The van der Waals surface area contributed by atoms with Gasteiger partial charge >= 0.3 is 0 Å². The summed E-state index contributed by atoms with van der Waals surface area (Å²) in [5, 5.41) is 3.22. The number of nitrogens with one attached hydrogen (secondary N) is 1. The van der Waals surface area contributed by atoms with E-state index in [1.54, 1.807) is 17.0 Å². The van der Waals surface area contributed by atoms with Crippen LogP contribution in [0.5, 0.6) is 0 Å². The van der Waals surface area contributed by atoms with Gasteiger partial charge in [-0.25, -0.2) is 4.98 Å². The minimum Gasteiger partial charge on any atom is -0.365 e. The Hall–Kier alpha value is -1.32. The Morgan fingerprint density at radius 2 is 2.06 bits per heavy atom. The molecule has 0 unspecified atom stereocenters. The minimum absolute atomic E-state index is 0.0250. The Morgan fingerprint density at radius 3 is 2.67 bits per heavy atom. The lowest BCUT2D eigenvalue weighted by molar-refractivity contribution is 0.383. The van der Waals surface area contributed by atoms with E-state index in [0.717, 1.165) is 6.54 Å². The summed E-state index contributed by atoms with van der Waals surface area (Å²) in [5.74, 6) is 1.19. The SMILES string of the molecule is CC(C)(C)n1ccnc(NCC2CCCC2)c1=O. The lowest BCUT2D eigenvalue weighted by Crippen LogP contribution is -2.35. The van der Waals surface area contributed by atoms with Gasteiger partial charge in [-0.3, -0.25) is 4.79 Å². The summed E-state index contributed by atoms with van der Waals surface area (Å²) < 4.78 is 1.73. The quantitative estimate of drug-likeness (QED) is 0.895. The zero-order valence-electron chi connectivity index (χ0n) is 11.6. The molecule has 0 amide bonds. The number of aromatic nitrogens is 2. The zero-order chi connectivity index (χ0) is 13.2. The molecule has 1 heterocycles. The first kappa shape index (κ1) is 13.1. The van der Waals surface area contributed by atoms with Gasteiger partial charge in [-0.2, -0.15) is 0 Å². The van der Waals surface area contributed by atoms with Crippen LogP contribution in [0.3, 0.4) is 0 Å². The number of hydrogen-bond acceptors (Lipinski definition) is 3. The summed E-state index contributed by atoms with van der Waals surface area (Å²) in [7, 11) is 0. The lowest BCUT2D eigenvalue weighted by atomic mass is 10.1. The second-order valence-electron chi connectivity index (χ2n) is 6.15. The number of rotatable bonds is 3. The van der Waals surface area contributed by atoms with E-state index in [9.17, 15) is 4.79 Å². The number of hydrogen-bond donors (Lipinski definition) is 1. The molecule has 2 rings (SSSR count). The van der Waals surface area contributed by atoms with Crippen LogP contribution in [0.15, 0.2) is 17.2 Å². The minimum atomic E-state index is -0.205. The molecule has 4 nitrogen and oxygen atoms in total. The summed E-state index contributed by atoms with van der Waals surface area (Å²) >= 11 is 0. The molecular formula is C14H23N3O. The molecule has 0 aromatic carbocycles. The van der Waals surface area contributed by atoms with Crippen LogP contribution in [0.1, 0.15) is 46.5 Å². The van der Waals surface area contributed by atoms with Crippen molar-refractivity contribution in [1.29, 1.82) is 0 Å². The third-order valence-corrected chi connectivity index (χ3v) is 3.60. The highest BCUT2D eigenvalue weighted by Gasteiger charge is 2.18. The fourth-order valence-electron chi connectivity index (χ4n) is 2.52. The van der Waals surface area contributed by atoms with Crippen molar-refractivity contribution in [2.24, 2.45) is 5.92 Å². The van der Waals surface area contributed by atoms with Crippen LogP contribution in [0.25, 0.3) is 0 Å². The third kappa shape index (κ3) is 2.92.